The Balaban J connectivity index is 1.92. The summed E-state index contributed by atoms with van der Waals surface area (Å²) in [6, 6.07) is 13.2. The Bertz CT molecular complexity index is 1420. The van der Waals surface area contributed by atoms with E-state index in [0.29, 0.717) is 11.4 Å². The molecule has 0 saturated carbocycles. The van der Waals surface area contributed by atoms with Gasteiger partial charge in [0.15, 0.2) is 5.36 Å². The molecule has 154 valence electrons. The van der Waals surface area contributed by atoms with Crippen LogP contribution in [0.3, 0.4) is 0 Å². The minimum atomic E-state index is -4.30. The summed E-state index contributed by atoms with van der Waals surface area (Å²) < 4.78 is 31.1. The van der Waals surface area contributed by atoms with Crippen LogP contribution in [0.1, 0.15) is 11.1 Å². The van der Waals surface area contributed by atoms with Crippen molar-refractivity contribution in [2.75, 3.05) is 10.9 Å². The molecule has 3 N–H and O–H groups in total. The van der Waals surface area contributed by atoms with Crippen molar-refractivity contribution in [3.8, 4) is 0 Å². The lowest BCUT2D eigenvalue weighted by Gasteiger charge is -2.05. The van der Waals surface area contributed by atoms with Gasteiger partial charge in [-0.05, 0) is 61.9 Å². The van der Waals surface area contributed by atoms with E-state index in [1.165, 1.54) is 36.4 Å². The lowest BCUT2D eigenvalue weighted by Crippen LogP contribution is -2.48. The first-order valence-electron chi connectivity index (χ1n) is 8.74. The molecule has 3 rings (SSSR count). The molecule has 0 atom stereocenters. The van der Waals surface area contributed by atoms with Crippen LogP contribution in [-0.4, -0.2) is 13.0 Å². The Labute approximate surface area is 171 Å². The van der Waals surface area contributed by atoms with Gasteiger partial charge in [0.1, 0.15) is 5.36 Å². The monoisotopic (exact) mass is 426 g/mol. The maximum Gasteiger partial charge on any atom is 0.294 e. The summed E-state index contributed by atoms with van der Waals surface area (Å²) in [4.78, 5) is 24.4. The van der Waals surface area contributed by atoms with Gasteiger partial charge in [-0.25, -0.2) is 0 Å². The normalized spacial score (nSPS) is 12.8. The molecule has 0 unspecified atom stereocenters. The number of hydrogen-bond acceptors (Lipinski definition) is 8. The van der Waals surface area contributed by atoms with Gasteiger partial charge in [-0.15, -0.1) is 0 Å². The first-order chi connectivity index (χ1) is 14.1. The highest BCUT2D eigenvalue weighted by molar-refractivity contribution is 7.85. The van der Waals surface area contributed by atoms with E-state index < -0.39 is 21.0 Å². The van der Waals surface area contributed by atoms with Crippen LogP contribution in [0.2, 0.25) is 0 Å². The highest BCUT2D eigenvalue weighted by Crippen LogP contribution is 2.15. The molecule has 0 saturated heterocycles. The topological polar surface area (TPSA) is 137 Å². The lowest BCUT2D eigenvalue weighted by atomic mass is 10.1. The van der Waals surface area contributed by atoms with E-state index in [4.69, 9.17) is 4.55 Å². The second-order valence-electron chi connectivity index (χ2n) is 6.53. The zero-order valence-corrected chi connectivity index (χ0v) is 16.9. The molecule has 3 aromatic rings. The minimum absolute atomic E-state index is 0.0466. The highest BCUT2D eigenvalue weighted by atomic mass is 32.2. The Hall–Kier alpha value is -3.63. The van der Waals surface area contributed by atoms with Gasteiger partial charge in [-0.2, -0.15) is 18.6 Å². The molecule has 0 aromatic heterocycles. The van der Waals surface area contributed by atoms with Crippen LogP contribution >= 0.6 is 0 Å². The minimum Gasteiger partial charge on any atom is -0.287 e. The molecule has 30 heavy (non-hydrogen) atoms. The van der Waals surface area contributed by atoms with Crippen LogP contribution in [0.15, 0.2) is 79.3 Å². The lowest BCUT2D eigenvalue weighted by molar-refractivity contribution is 0.483. The van der Waals surface area contributed by atoms with Gasteiger partial charge in [0.2, 0.25) is 10.9 Å². The summed E-state index contributed by atoms with van der Waals surface area (Å²) in [5, 5.41) is 7.56. The maximum absolute atomic E-state index is 12.6. The maximum atomic E-state index is 12.6. The zero-order chi connectivity index (χ0) is 21.9. The molecule has 0 aliphatic carbocycles. The van der Waals surface area contributed by atoms with Crippen LogP contribution in [0.5, 0.6) is 0 Å². The second kappa shape index (κ2) is 8.39. The number of hydrogen-bond donors (Lipinski definition) is 3. The van der Waals surface area contributed by atoms with Gasteiger partial charge in [0.05, 0.1) is 16.3 Å². The van der Waals surface area contributed by atoms with Gasteiger partial charge in [0.25, 0.3) is 10.1 Å². The van der Waals surface area contributed by atoms with Crippen LogP contribution in [-0.2, 0) is 10.1 Å². The van der Waals surface area contributed by atoms with Gasteiger partial charge in [0, 0.05) is 0 Å². The van der Waals surface area contributed by atoms with E-state index in [0.717, 1.165) is 11.1 Å². The number of aryl methyl sites for hydroxylation is 2. The van der Waals surface area contributed by atoms with Gasteiger partial charge in [-0.3, -0.25) is 25.0 Å². The Morgan fingerprint density at radius 1 is 0.867 bits per heavy atom. The standard InChI is InChI=1S/C20H18N4O5S/c1-12-3-8-16(13(2)11-12)22-24-19-18(25)10-9-17(20(19)26)23-21-14-4-6-15(7-5-14)30(27,28)29/h3-11,21-22H,1-2H3,(H,27,28,29)/b23-17+,24-19-. The molecular weight excluding hydrogens is 408 g/mol. The van der Waals surface area contributed by atoms with Gasteiger partial charge >= 0.3 is 0 Å². The first kappa shape index (κ1) is 21.1. The molecule has 0 bridgehead atoms. The molecule has 0 amide bonds. The van der Waals surface area contributed by atoms with Crippen molar-refractivity contribution in [1.29, 1.82) is 0 Å². The molecule has 0 heterocycles. The molecule has 0 aliphatic heterocycles. The molecule has 0 aliphatic rings. The average molecular weight is 426 g/mol. The number of nitrogens with zero attached hydrogens (tertiary/aromatic N) is 2. The number of nitrogens with one attached hydrogen (secondary N) is 2. The van der Waals surface area contributed by atoms with Crippen LogP contribution in [0.25, 0.3) is 0 Å². The van der Waals surface area contributed by atoms with Crippen LogP contribution in [0, 0.1) is 13.8 Å². The molecular formula is C20H18N4O5S. The molecule has 0 spiro atoms. The molecule has 0 radical (unpaired) electrons. The summed E-state index contributed by atoms with van der Waals surface area (Å²) in [5.74, 6) is 0. The predicted molar refractivity (Wildman–Crippen MR) is 112 cm³/mol. The third-order valence-corrected chi connectivity index (χ3v) is 5.07. The molecule has 9 nitrogen and oxygen atoms in total. The fraction of sp³-hybridized carbons (Fsp3) is 0.100. The van der Waals surface area contributed by atoms with Crippen molar-refractivity contribution in [3.05, 3.63) is 96.9 Å². The molecule has 3 aromatic carbocycles. The Kier molecular flexibility index (Phi) is 5.90. The van der Waals surface area contributed by atoms with Gasteiger partial charge in [-0.1, -0.05) is 17.7 Å². The number of benzene rings is 3. The summed E-state index contributed by atoms with van der Waals surface area (Å²) in [6.45, 7) is 3.83. The molecule has 0 fully saturated rings. The highest BCUT2D eigenvalue weighted by Gasteiger charge is 2.08. The first-order valence-corrected chi connectivity index (χ1v) is 10.2. The fourth-order valence-electron chi connectivity index (χ4n) is 2.62. The van der Waals surface area contributed by atoms with Crippen LogP contribution < -0.4 is 32.4 Å². The van der Waals surface area contributed by atoms with E-state index in [1.54, 1.807) is 6.07 Å². The van der Waals surface area contributed by atoms with E-state index in [2.05, 4.69) is 21.1 Å². The predicted octanol–water partition coefficient (Wildman–Crippen LogP) is 1.00. The third-order valence-electron chi connectivity index (χ3n) is 4.20. The van der Waals surface area contributed by atoms with Crippen molar-refractivity contribution >= 4 is 21.5 Å². The average Bonchev–Trinajstić information content (AvgIpc) is 2.68. The summed E-state index contributed by atoms with van der Waals surface area (Å²) >= 11 is 0. The third kappa shape index (κ3) is 4.85. The summed E-state index contributed by atoms with van der Waals surface area (Å²) in [6.07, 6.45) is 0. The largest absolute Gasteiger partial charge is 0.294 e. The summed E-state index contributed by atoms with van der Waals surface area (Å²) in [7, 11) is -4.30. The smallest absolute Gasteiger partial charge is 0.287 e. The van der Waals surface area contributed by atoms with Crippen molar-refractivity contribution < 1.29 is 13.0 Å². The van der Waals surface area contributed by atoms with Crippen LogP contribution in [0.4, 0.5) is 11.4 Å². The molecule has 10 heteroatoms. The number of rotatable bonds is 5. The van der Waals surface area contributed by atoms with Crippen molar-refractivity contribution in [2.24, 2.45) is 10.2 Å². The Morgan fingerprint density at radius 3 is 2.20 bits per heavy atom. The SMILES string of the molecule is Cc1ccc(N/N=c2/c(=O)cc/c(=N\Nc3ccc(S(=O)(=O)O)cc3)c2=O)c(C)c1. The number of anilines is 2. The van der Waals surface area contributed by atoms with E-state index in [-0.39, 0.29) is 15.6 Å². The fourth-order valence-corrected chi connectivity index (χ4v) is 3.10. The van der Waals surface area contributed by atoms with Crippen molar-refractivity contribution in [3.63, 3.8) is 0 Å². The Morgan fingerprint density at radius 2 is 1.57 bits per heavy atom. The van der Waals surface area contributed by atoms with Gasteiger partial charge < -0.3 is 0 Å². The van der Waals surface area contributed by atoms with E-state index in [9.17, 15) is 18.0 Å². The van der Waals surface area contributed by atoms with Crippen molar-refractivity contribution in [1.82, 2.24) is 0 Å². The van der Waals surface area contributed by atoms with E-state index in [1.807, 2.05) is 26.0 Å². The van der Waals surface area contributed by atoms with E-state index >= 15 is 0 Å². The zero-order valence-electron chi connectivity index (χ0n) is 16.1. The quantitative estimate of drug-likeness (QED) is 0.409. The summed E-state index contributed by atoms with van der Waals surface area (Å²) in [5.41, 5.74) is 7.15. The van der Waals surface area contributed by atoms with Crippen molar-refractivity contribution in [2.45, 2.75) is 18.7 Å². The second-order valence-corrected chi connectivity index (χ2v) is 7.95.